The van der Waals surface area contributed by atoms with Crippen LogP contribution in [0.25, 0.3) is 0 Å². The van der Waals surface area contributed by atoms with Crippen molar-refractivity contribution in [2.24, 2.45) is 0 Å². The lowest BCUT2D eigenvalue weighted by Crippen LogP contribution is -2.38. The van der Waals surface area contributed by atoms with Gasteiger partial charge in [0.05, 0.1) is 12.7 Å². The highest BCUT2D eigenvalue weighted by atomic mass is 28.4. The second-order valence-electron chi connectivity index (χ2n) is 2.62. The Kier molecular flexibility index (Phi) is 5.69. The van der Waals surface area contributed by atoms with E-state index in [0.717, 1.165) is 6.61 Å². The molecule has 0 aliphatic carbocycles. The third-order valence-corrected chi connectivity index (χ3v) is 3.84. The lowest BCUT2D eigenvalue weighted by Gasteiger charge is -2.18. The molecule has 1 aliphatic heterocycles. The molecule has 0 amide bonds. The maximum absolute atomic E-state index is 4.93. The monoisotopic (exact) mass is 194 g/mol. The van der Waals surface area contributed by atoms with Gasteiger partial charge in [-0.3, -0.25) is 0 Å². The van der Waals surface area contributed by atoms with Crippen molar-refractivity contribution < 1.29 is 18.0 Å². The highest BCUT2D eigenvalue weighted by Crippen LogP contribution is 2.04. The SMILES string of the molecule is CC1CO1.CO[Si](C)(OC)OC. The maximum Gasteiger partial charge on any atom is 0.496 e. The maximum atomic E-state index is 4.93. The van der Waals surface area contributed by atoms with E-state index in [1.165, 1.54) is 0 Å². The molecule has 0 aromatic carbocycles. The van der Waals surface area contributed by atoms with E-state index in [9.17, 15) is 0 Å². The van der Waals surface area contributed by atoms with Crippen molar-refractivity contribution in [3.8, 4) is 0 Å². The van der Waals surface area contributed by atoms with Crippen molar-refractivity contribution in [3.63, 3.8) is 0 Å². The van der Waals surface area contributed by atoms with Gasteiger partial charge in [0.25, 0.3) is 0 Å². The molecule has 74 valence electrons. The van der Waals surface area contributed by atoms with E-state index in [1.807, 2.05) is 6.55 Å². The van der Waals surface area contributed by atoms with E-state index in [2.05, 4.69) is 6.92 Å². The Bertz CT molecular complexity index is 104. The smallest absolute Gasteiger partial charge is 0.377 e. The first kappa shape index (κ1) is 12.1. The van der Waals surface area contributed by atoms with E-state index in [-0.39, 0.29) is 0 Å². The molecule has 1 saturated heterocycles. The van der Waals surface area contributed by atoms with Crippen molar-refractivity contribution in [1.82, 2.24) is 0 Å². The highest BCUT2D eigenvalue weighted by molar-refractivity contribution is 6.58. The van der Waals surface area contributed by atoms with Gasteiger partial charge in [-0.1, -0.05) is 0 Å². The zero-order valence-electron chi connectivity index (χ0n) is 8.42. The van der Waals surface area contributed by atoms with Crippen LogP contribution in [-0.2, 0) is 18.0 Å². The minimum atomic E-state index is -2.17. The van der Waals surface area contributed by atoms with Gasteiger partial charge in [0.15, 0.2) is 0 Å². The lowest BCUT2D eigenvalue weighted by molar-refractivity contribution is 0.132. The average Bonchev–Trinajstić information content (AvgIpc) is 2.87. The van der Waals surface area contributed by atoms with E-state index < -0.39 is 8.80 Å². The Labute approximate surface area is 75.1 Å². The molecule has 0 spiro atoms. The molecule has 0 aromatic heterocycles. The van der Waals surface area contributed by atoms with Gasteiger partial charge in [0.2, 0.25) is 0 Å². The molecule has 12 heavy (non-hydrogen) atoms. The van der Waals surface area contributed by atoms with Crippen LogP contribution in [0.5, 0.6) is 0 Å². The van der Waals surface area contributed by atoms with Crippen molar-refractivity contribution in [2.75, 3.05) is 27.9 Å². The van der Waals surface area contributed by atoms with Crippen LogP contribution in [0.15, 0.2) is 0 Å². The zero-order chi connectivity index (χ0) is 9.61. The van der Waals surface area contributed by atoms with E-state index >= 15 is 0 Å². The van der Waals surface area contributed by atoms with Crippen molar-refractivity contribution >= 4 is 8.80 Å². The van der Waals surface area contributed by atoms with Crippen molar-refractivity contribution in [3.05, 3.63) is 0 Å². The molecule has 1 aliphatic rings. The summed E-state index contributed by atoms with van der Waals surface area (Å²) < 4.78 is 19.5. The third kappa shape index (κ3) is 5.67. The molecular formula is C7H18O4Si. The van der Waals surface area contributed by atoms with Crippen molar-refractivity contribution in [2.45, 2.75) is 19.6 Å². The second-order valence-corrected chi connectivity index (χ2v) is 5.57. The Morgan fingerprint density at radius 3 is 1.42 bits per heavy atom. The Morgan fingerprint density at radius 1 is 1.17 bits per heavy atom. The summed E-state index contributed by atoms with van der Waals surface area (Å²) in [7, 11) is 2.58. The van der Waals surface area contributed by atoms with Crippen LogP contribution in [-0.4, -0.2) is 42.8 Å². The molecule has 1 atom stereocenters. The van der Waals surface area contributed by atoms with Gasteiger partial charge in [-0.05, 0) is 6.92 Å². The minimum Gasteiger partial charge on any atom is -0.377 e. The summed E-state index contributed by atoms with van der Waals surface area (Å²) >= 11 is 0. The summed E-state index contributed by atoms with van der Waals surface area (Å²) in [5.74, 6) is 0. The fourth-order valence-electron chi connectivity index (χ4n) is 0.346. The molecule has 4 nitrogen and oxygen atoms in total. The van der Waals surface area contributed by atoms with Gasteiger partial charge in [0, 0.05) is 27.9 Å². The van der Waals surface area contributed by atoms with Crippen LogP contribution in [0.1, 0.15) is 6.92 Å². The van der Waals surface area contributed by atoms with Gasteiger partial charge < -0.3 is 18.0 Å². The quantitative estimate of drug-likeness (QED) is 0.494. The van der Waals surface area contributed by atoms with Crippen LogP contribution in [0.2, 0.25) is 6.55 Å². The number of hydrogen-bond donors (Lipinski definition) is 0. The topological polar surface area (TPSA) is 40.2 Å². The molecule has 0 radical (unpaired) electrons. The summed E-state index contributed by atoms with van der Waals surface area (Å²) in [5, 5.41) is 0. The predicted octanol–water partition coefficient (Wildman–Crippen LogP) is 0.899. The average molecular weight is 194 g/mol. The van der Waals surface area contributed by atoms with Gasteiger partial charge in [0.1, 0.15) is 0 Å². The van der Waals surface area contributed by atoms with Crippen molar-refractivity contribution in [1.29, 1.82) is 0 Å². The number of rotatable bonds is 3. The number of hydrogen-bond acceptors (Lipinski definition) is 4. The fourth-order valence-corrected chi connectivity index (χ4v) is 0.846. The van der Waals surface area contributed by atoms with E-state index in [0.29, 0.717) is 6.10 Å². The van der Waals surface area contributed by atoms with Gasteiger partial charge in [-0.15, -0.1) is 0 Å². The molecule has 1 rings (SSSR count). The van der Waals surface area contributed by atoms with Crippen LogP contribution in [0.4, 0.5) is 0 Å². The highest BCUT2D eigenvalue weighted by Gasteiger charge is 2.29. The lowest BCUT2D eigenvalue weighted by atomic mass is 10.6. The molecule has 0 N–H and O–H groups in total. The third-order valence-electron chi connectivity index (χ3n) is 1.61. The van der Waals surface area contributed by atoms with Crippen LogP contribution in [0, 0.1) is 0 Å². The van der Waals surface area contributed by atoms with Gasteiger partial charge in [-0.2, -0.15) is 0 Å². The normalized spacial score (nSPS) is 21.2. The van der Waals surface area contributed by atoms with E-state index in [1.54, 1.807) is 21.3 Å². The Morgan fingerprint density at radius 2 is 1.42 bits per heavy atom. The van der Waals surface area contributed by atoms with Crippen LogP contribution < -0.4 is 0 Å². The summed E-state index contributed by atoms with van der Waals surface area (Å²) in [4.78, 5) is 0. The molecule has 0 saturated carbocycles. The molecular weight excluding hydrogens is 176 g/mol. The predicted molar refractivity (Wildman–Crippen MR) is 48.1 cm³/mol. The Balaban J connectivity index is 0.000000247. The molecule has 1 heterocycles. The van der Waals surface area contributed by atoms with Gasteiger partial charge in [-0.25, -0.2) is 0 Å². The summed E-state index contributed by atoms with van der Waals surface area (Å²) in [5.41, 5.74) is 0. The van der Waals surface area contributed by atoms with Crippen LogP contribution in [0.3, 0.4) is 0 Å². The molecule has 1 unspecified atom stereocenters. The molecule has 0 bridgehead atoms. The molecule has 0 aromatic rings. The number of ether oxygens (including phenoxy) is 1. The number of epoxide rings is 1. The summed E-state index contributed by atoms with van der Waals surface area (Å²) in [6.45, 7) is 4.87. The molecule has 1 fully saturated rings. The minimum absolute atomic E-state index is 0.583. The first-order chi connectivity index (χ1) is 5.58. The zero-order valence-corrected chi connectivity index (χ0v) is 9.42. The van der Waals surface area contributed by atoms with Gasteiger partial charge >= 0.3 is 8.80 Å². The molecule has 5 heteroatoms. The first-order valence-electron chi connectivity index (χ1n) is 3.85. The largest absolute Gasteiger partial charge is 0.496 e. The summed E-state index contributed by atoms with van der Waals surface area (Å²) in [6.07, 6.45) is 0.583. The standard InChI is InChI=1S/C4H12O3Si.C3H6O/c1-5-8(4,6-2)7-3;1-3-2-4-3/h1-4H3;3H,2H2,1H3. The fraction of sp³-hybridized carbons (Fsp3) is 1.00. The van der Waals surface area contributed by atoms with E-state index in [4.69, 9.17) is 18.0 Å². The first-order valence-corrected chi connectivity index (χ1v) is 6.07. The Hall–Kier alpha value is 0.0569. The second kappa shape index (κ2) is 5.66. The summed E-state index contributed by atoms with van der Waals surface area (Å²) in [6, 6.07) is 0. The van der Waals surface area contributed by atoms with Crippen LogP contribution >= 0.6 is 0 Å².